The molecule has 1 unspecified atom stereocenters. The fraction of sp³-hybridized carbons (Fsp3) is 0.500. The van der Waals surface area contributed by atoms with E-state index in [4.69, 9.17) is 0 Å². The Morgan fingerprint density at radius 1 is 1.59 bits per heavy atom. The molecule has 1 saturated heterocycles. The average molecular weight is 251 g/mol. The van der Waals surface area contributed by atoms with E-state index in [2.05, 4.69) is 15.6 Å². The third-order valence-electron chi connectivity index (χ3n) is 3.16. The van der Waals surface area contributed by atoms with Gasteiger partial charge in [0.15, 0.2) is 0 Å². The Morgan fingerprint density at radius 2 is 2.35 bits per heavy atom. The third kappa shape index (κ3) is 2.98. The van der Waals surface area contributed by atoms with E-state index in [1.807, 2.05) is 25.3 Å². The molecule has 1 aliphatic heterocycles. The van der Waals surface area contributed by atoms with Crippen LogP contribution in [0.2, 0.25) is 0 Å². The number of thioether (sulfide) groups is 1. The molecule has 1 aliphatic rings. The quantitative estimate of drug-likeness (QED) is 0.798. The van der Waals surface area contributed by atoms with E-state index >= 15 is 0 Å². The van der Waals surface area contributed by atoms with E-state index in [1.165, 1.54) is 0 Å². The molecule has 0 aromatic carbocycles. The minimum atomic E-state index is 0.0401. The topological polar surface area (TPSA) is 54.0 Å². The van der Waals surface area contributed by atoms with Crippen molar-refractivity contribution in [1.29, 1.82) is 0 Å². The highest BCUT2D eigenvalue weighted by atomic mass is 32.2. The van der Waals surface area contributed by atoms with E-state index in [1.54, 1.807) is 18.0 Å². The number of amides is 1. The van der Waals surface area contributed by atoms with Gasteiger partial charge in [-0.1, -0.05) is 6.92 Å². The monoisotopic (exact) mass is 251 g/mol. The summed E-state index contributed by atoms with van der Waals surface area (Å²) in [5, 5.41) is 6.03. The summed E-state index contributed by atoms with van der Waals surface area (Å²) in [6.45, 7) is 3.85. The van der Waals surface area contributed by atoms with Crippen LogP contribution in [0.5, 0.6) is 0 Å². The van der Waals surface area contributed by atoms with Crippen LogP contribution in [-0.4, -0.2) is 30.2 Å². The summed E-state index contributed by atoms with van der Waals surface area (Å²) in [6, 6.07) is 3.80. The number of hydrogen-bond donors (Lipinski definition) is 2. The average Bonchev–Trinajstić information content (AvgIpc) is 2.27. The van der Waals surface area contributed by atoms with Crippen molar-refractivity contribution in [3.63, 3.8) is 0 Å². The van der Waals surface area contributed by atoms with Gasteiger partial charge in [0, 0.05) is 17.0 Å². The number of aromatic nitrogens is 1. The molecule has 0 saturated carbocycles. The number of nitrogens with one attached hydrogen (secondary N) is 2. The predicted molar refractivity (Wildman–Crippen MR) is 70.2 cm³/mol. The van der Waals surface area contributed by atoms with Crippen molar-refractivity contribution in [2.24, 2.45) is 11.8 Å². The van der Waals surface area contributed by atoms with Gasteiger partial charge in [0.1, 0.15) is 5.82 Å². The molecule has 92 valence electrons. The zero-order chi connectivity index (χ0) is 12.3. The van der Waals surface area contributed by atoms with Gasteiger partial charge in [-0.25, -0.2) is 4.98 Å². The van der Waals surface area contributed by atoms with Crippen molar-refractivity contribution in [1.82, 2.24) is 10.3 Å². The number of rotatable bonds is 4. The molecule has 2 heterocycles. The Balaban J connectivity index is 1.92. The highest BCUT2D eigenvalue weighted by Crippen LogP contribution is 2.19. The maximum Gasteiger partial charge on any atom is 0.228 e. The Morgan fingerprint density at radius 3 is 2.82 bits per heavy atom. The summed E-state index contributed by atoms with van der Waals surface area (Å²) >= 11 is 1.64. The molecule has 1 aromatic rings. The molecular formula is C12H17N3OS. The summed E-state index contributed by atoms with van der Waals surface area (Å²) in [4.78, 5) is 17.2. The van der Waals surface area contributed by atoms with Gasteiger partial charge in [-0.15, -0.1) is 11.8 Å². The van der Waals surface area contributed by atoms with Gasteiger partial charge < -0.3 is 10.6 Å². The van der Waals surface area contributed by atoms with Gasteiger partial charge in [-0.05, 0) is 37.4 Å². The van der Waals surface area contributed by atoms with Crippen LogP contribution < -0.4 is 10.6 Å². The lowest BCUT2D eigenvalue weighted by Gasteiger charge is -2.31. The van der Waals surface area contributed by atoms with E-state index < -0.39 is 0 Å². The molecule has 1 fully saturated rings. The summed E-state index contributed by atoms with van der Waals surface area (Å²) < 4.78 is 0. The molecule has 2 N–H and O–H groups in total. The van der Waals surface area contributed by atoms with Crippen molar-refractivity contribution in [2.45, 2.75) is 11.8 Å². The minimum absolute atomic E-state index is 0.0401. The fourth-order valence-electron chi connectivity index (χ4n) is 1.69. The van der Waals surface area contributed by atoms with Gasteiger partial charge in [0.05, 0.1) is 0 Å². The van der Waals surface area contributed by atoms with Gasteiger partial charge in [-0.2, -0.15) is 0 Å². The van der Waals surface area contributed by atoms with Crippen molar-refractivity contribution < 1.29 is 4.79 Å². The van der Waals surface area contributed by atoms with Gasteiger partial charge >= 0.3 is 0 Å². The zero-order valence-electron chi connectivity index (χ0n) is 10.1. The first-order valence-electron chi connectivity index (χ1n) is 5.72. The fourth-order valence-corrected chi connectivity index (χ4v) is 2.06. The molecule has 1 atom stereocenters. The van der Waals surface area contributed by atoms with Crippen LogP contribution in [0.1, 0.15) is 6.92 Å². The standard InChI is InChI=1S/C12H17N3OS/c1-8(9-5-13-6-9)12(16)15-11-4-3-10(17-2)7-14-11/h3-4,7-9,13H,5-6H2,1-2H3,(H,14,15,16). The molecule has 1 amide bonds. The smallest absolute Gasteiger partial charge is 0.228 e. The lowest BCUT2D eigenvalue weighted by molar-refractivity contribution is -0.121. The van der Waals surface area contributed by atoms with Crippen LogP contribution in [0.4, 0.5) is 5.82 Å². The van der Waals surface area contributed by atoms with Crippen molar-refractivity contribution in [2.75, 3.05) is 24.7 Å². The summed E-state index contributed by atoms with van der Waals surface area (Å²) in [5.41, 5.74) is 0. The minimum Gasteiger partial charge on any atom is -0.316 e. The van der Waals surface area contributed by atoms with Gasteiger partial charge in [0.2, 0.25) is 5.91 Å². The molecule has 17 heavy (non-hydrogen) atoms. The largest absolute Gasteiger partial charge is 0.316 e. The van der Waals surface area contributed by atoms with Crippen LogP contribution in [0.25, 0.3) is 0 Å². The van der Waals surface area contributed by atoms with E-state index in [0.29, 0.717) is 11.7 Å². The Kier molecular flexibility index (Phi) is 4.02. The maximum absolute atomic E-state index is 11.9. The molecule has 1 aromatic heterocycles. The van der Waals surface area contributed by atoms with Crippen LogP contribution >= 0.6 is 11.8 Å². The lowest BCUT2D eigenvalue weighted by atomic mass is 9.88. The van der Waals surface area contributed by atoms with Crippen LogP contribution in [-0.2, 0) is 4.79 Å². The highest BCUT2D eigenvalue weighted by Gasteiger charge is 2.28. The summed E-state index contributed by atoms with van der Waals surface area (Å²) in [5.74, 6) is 1.19. The number of anilines is 1. The van der Waals surface area contributed by atoms with E-state index in [0.717, 1.165) is 18.0 Å². The first-order valence-corrected chi connectivity index (χ1v) is 6.95. The van der Waals surface area contributed by atoms with Crippen molar-refractivity contribution >= 4 is 23.5 Å². The van der Waals surface area contributed by atoms with Crippen LogP contribution in [0, 0.1) is 11.8 Å². The SMILES string of the molecule is CSc1ccc(NC(=O)C(C)C2CNC2)nc1. The molecule has 4 nitrogen and oxygen atoms in total. The Labute approximate surface area is 106 Å². The van der Waals surface area contributed by atoms with Gasteiger partial charge in [-0.3, -0.25) is 4.79 Å². The van der Waals surface area contributed by atoms with Crippen molar-refractivity contribution in [3.8, 4) is 0 Å². The molecular weight excluding hydrogens is 234 g/mol. The Hall–Kier alpha value is -1.07. The molecule has 5 heteroatoms. The molecule has 0 aliphatic carbocycles. The number of hydrogen-bond acceptors (Lipinski definition) is 4. The first kappa shape index (κ1) is 12.4. The summed E-state index contributed by atoms with van der Waals surface area (Å²) in [6.07, 6.45) is 3.77. The second-order valence-electron chi connectivity index (χ2n) is 4.28. The number of pyridine rings is 1. The third-order valence-corrected chi connectivity index (χ3v) is 3.87. The molecule has 0 spiro atoms. The van der Waals surface area contributed by atoms with E-state index in [-0.39, 0.29) is 11.8 Å². The maximum atomic E-state index is 11.9. The normalized spacial score (nSPS) is 17.3. The second-order valence-corrected chi connectivity index (χ2v) is 5.16. The molecule has 2 rings (SSSR count). The predicted octanol–water partition coefficient (Wildman–Crippen LogP) is 1.60. The number of carbonyl (C=O) groups excluding carboxylic acids is 1. The van der Waals surface area contributed by atoms with E-state index in [9.17, 15) is 4.79 Å². The molecule has 0 bridgehead atoms. The van der Waals surface area contributed by atoms with Crippen molar-refractivity contribution in [3.05, 3.63) is 18.3 Å². The first-order chi connectivity index (χ1) is 8.20. The molecule has 0 radical (unpaired) electrons. The zero-order valence-corrected chi connectivity index (χ0v) is 10.9. The van der Waals surface area contributed by atoms with Crippen LogP contribution in [0.3, 0.4) is 0 Å². The number of carbonyl (C=O) groups is 1. The lowest BCUT2D eigenvalue weighted by Crippen LogP contribution is -2.48. The van der Waals surface area contributed by atoms with Crippen LogP contribution in [0.15, 0.2) is 23.2 Å². The van der Waals surface area contributed by atoms with Gasteiger partial charge in [0.25, 0.3) is 0 Å². The highest BCUT2D eigenvalue weighted by molar-refractivity contribution is 7.98. The number of nitrogens with zero attached hydrogens (tertiary/aromatic N) is 1. The summed E-state index contributed by atoms with van der Waals surface area (Å²) in [7, 11) is 0. The second kappa shape index (κ2) is 5.51. The Bertz CT molecular complexity index is 389.